The highest BCUT2D eigenvalue weighted by molar-refractivity contribution is 7.89. The van der Waals surface area contributed by atoms with E-state index in [0.29, 0.717) is 5.56 Å². The van der Waals surface area contributed by atoms with Crippen molar-refractivity contribution in [3.05, 3.63) is 66.2 Å². The van der Waals surface area contributed by atoms with E-state index >= 15 is 0 Å². The van der Waals surface area contributed by atoms with E-state index in [1.165, 1.54) is 19.2 Å². The molecule has 0 fully saturated rings. The lowest BCUT2D eigenvalue weighted by molar-refractivity contribution is 0.489. The smallest absolute Gasteiger partial charge is 0.278 e. The Balaban J connectivity index is 2.30. The van der Waals surface area contributed by atoms with Crippen LogP contribution in [0, 0.1) is 0 Å². The van der Waals surface area contributed by atoms with Crippen LogP contribution in [0.4, 0.5) is 0 Å². The predicted molar refractivity (Wildman–Crippen MR) is 78.6 cm³/mol. The van der Waals surface area contributed by atoms with Gasteiger partial charge in [0, 0.05) is 12.6 Å². The van der Waals surface area contributed by atoms with E-state index in [1.807, 2.05) is 18.2 Å². The average Bonchev–Trinajstić information content (AvgIpc) is 2.49. The Bertz CT molecular complexity index is 698. The Morgan fingerprint density at radius 3 is 2.05 bits per heavy atom. The topological polar surface area (TPSA) is 75.8 Å². The van der Waals surface area contributed by atoms with Crippen LogP contribution in [0.15, 0.2) is 70.7 Å². The van der Waals surface area contributed by atoms with E-state index in [9.17, 15) is 8.42 Å². The molecule has 0 spiro atoms. The van der Waals surface area contributed by atoms with Crippen LogP contribution in [0.2, 0.25) is 0 Å². The zero-order chi connectivity index (χ0) is 14.6. The number of amidine groups is 1. The quantitative estimate of drug-likeness (QED) is 0.528. The van der Waals surface area contributed by atoms with Gasteiger partial charge in [0.25, 0.3) is 10.0 Å². The lowest BCUT2D eigenvalue weighted by Gasteiger charge is -2.14. The molecule has 6 heteroatoms. The molecule has 0 aromatic heterocycles. The van der Waals surface area contributed by atoms with Gasteiger partial charge in [-0.1, -0.05) is 48.5 Å². The van der Waals surface area contributed by atoms with E-state index in [0.717, 1.165) is 4.41 Å². The fourth-order valence-corrected chi connectivity index (χ4v) is 2.62. The Hall–Kier alpha value is -2.34. The minimum absolute atomic E-state index is 0.146. The normalized spacial score (nSPS) is 12.2. The average molecular weight is 289 g/mol. The first-order chi connectivity index (χ1) is 9.51. The molecule has 0 amide bonds. The second-order valence-electron chi connectivity index (χ2n) is 4.10. The molecule has 0 unspecified atom stereocenters. The second kappa shape index (κ2) is 5.75. The molecule has 2 aromatic carbocycles. The molecule has 0 saturated heterocycles. The molecule has 0 aliphatic heterocycles. The van der Waals surface area contributed by atoms with Crippen molar-refractivity contribution in [2.75, 3.05) is 7.05 Å². The number of rotatable bonds is 4. The Labute approximate surface area is 118 Å². The van der Waals surface area contributed by atoms with E-state index in [2.05, 4.69) is 5.10 Å². The van der Waals surface area contributed by atoms with E-state index in [4.69, 9.17) is 5.73 Å². The monoisotopic (exact) mass is 289 g/mol. The van der Waals surface area contributed by atoms with Crippen LogP contribution in [-0.4, -0.2) is 25.7 Å². The summed E-state index contributed by atoms with van der Waals surface area (Å²) in [6.07, 6.45) is 0. The summed E-state index contributed by atoms with van der Waals surface area (Å²) in [6.45, 7) is 0. The summed E-state index contributed by atoms with van der Waals surface area (Å²) in [7, 11) is -2.32. The summed E-state index contributed by atoms with van der Waals surface area (Å²) < 4.78 is 25.4. The minimum Gasteiger partial charge on any atom is -0.382 e. The standard InChI is InChI=1S/C14H15N3O2S/c1-17(16-14(15)12-8-4-2-5-9-12)20(18,19)13-10-6-3-7-11-13/h2-11H,1H3,(H2,15,16). The minimum atomic E-state index is -3.68. The summed E-state index contributed by atoms with van der Waals surface area (Å²) in [5.74, 6) is 0.146. The molecule has 0 saturated carbocycles. The van der Waals surface area contributed by atoms with E-state index in [1.54, 1.807) is 30.3 Å². The van der Waals surface area contributed by atoms with Crippen molar-refractivity contribution in [3.63, 3.8) is 0 Å². The number of nitrogens with zero attached hydrogens (tertiary/aromatic N) is 2. The lowest BCUT2D eigenvalue weighted by Crippen LogP contribution is -2.26. The number of benzene rings is 2. The van der Waals surface area contributed by atoms with Crippen molar-refractivity contribution < 1.29 is 8.42 Å². The van der Waals surface area contributed by atoms with Crippen molar-refractivity contribution in [2.24, 2.45) is 10.8 Å². The summed E-state index contributed by atoms with van der Waals surface area (Å²) in [6, 6.07) is 17.1. The van der Waals surface area contributed by atoms with Gasteiger partial charge >= 0.3 is 0 Å². The third kappa shape index (κ3) is 2.97. The Morgan fingerprint density at radius 1 is 1.00 bits per heavy atom. The fraction of sp³-hybridized carbons (Fsp3) is 0.0714. The van der Waals surface area contributed by atoms with Crippen molar-refractivity contribution in [3.8, 4) is 0 Å². The highest BCUT2D eigenvalue weighted by atomic mass is 32.2. The maximum Gasteiger partial charge on any atom is 0.278 e. The highest BCUT2D eigenvalue weighted by Crippen LogP contribution is 2.14. The van der Waals surface area contributed by atoms with Gasteiger partial charge in [-0.2, -0.15) is 12.8 Å². The lowest BCUT2D eigenvalue weighted by atomic mass is 10.2. The summed E-state index contributed by atoms with van der Waals surface area (Å²) in [4.78, 5) is 0.173. The van der Waals surface area contributed by atoms with Crippen molar-refractivity contribution in [2.45, 2.75) is 4.90 Å². The van der Waals surface area contributed by atoms with Crippen molar-refractivity contribution in [1.29, 1.82) is 0 Å². The molecule has 104 valence electrons. The number of hydrogen-bond acceptors (Lipinski definition) is 3. The summed E-state index contributed by atoms with van der Waals surface area (Å²) in [5.41, 5.74) is 6.48. The number of hydrazone groups is 1. The molecule has 0 aliphatic carbocycles. The van der Waals surface area contributed by atoms with Crippen LogP contribution in [0.25, 0.3) is 0 Å². The van der Waals surface area contributed by atoms with Crippen LogP contribution in [-0.2, 0) is 10.0 Å². The van der Waals surface area contributed by atoms with Crippen LogP contribution in [0.3, 0.4) is 0 Å². The van der Waals surface area contributed by atoms with E-state index in [-0.39, 0.29) is 10.7 Å². The molecule has 0 atom stereocenters. The van der Waals surface area contributed by atoms with E-state index < -0.39 is 10.0 Å². The first-order valence-electron chi connectivity index (χ1n) is 5.95. The first-order valence-corrected chi connectivity index (χ1v) is 7.39. The SMILES string of the molecule is CN(/N=C(\N)c1ccccc1)S(=O)(=O)c1ccccc1. The second-order valence-corrected chi connectivity index (χ2v) is 6.05. The van der Waals surface area contributed by atoms with Gasteiger partial charge in [0.2, 0.25) is 0 Å². The molecule has 2 rings (SSSR count). The van der Waals surface area contributed by atoms with Gasteiger partial charge in [-0.25, -0.2) is 0 Å². The summed E-state index contributed by atoms with van der Waals surface area (Å²) in [5, 5.41) is 3.94. The zero-order valence-corrected chi connectivity index (χ0v) is 11.8. The highest BCUT2D eigenvalue weighted by Gasteiger charge is 2.19. The van der Waals surface area contributed by atoms with Crippen LogP contribution < -0.4 is 5.73 Å². The molecule has 0 heterocycles. The largest absolute Gasteiger partial charge is 0.382 e. The number of sulfonamides is 1. The van der Waals surface area contributed by atoms with Gasteiger partial charge in [0.05, 0.1) is 4.90 Å². The molecule has 2 N–H and O–H groups in total. The van der Waals surface area contributed by atoms with Gasteiger partial charge in [-0.15, -0.1) is 5.10 Å². The van der Waals surface area contributed by atoms with Gasteiger partial charge in [0.1, 0.15) is 0 Å². The fourth-order valence-electron chi connectivity index (χ4n) is 1.62. The van der Waals surface area contributed by atoms with Crippen molar-refractivity contribution >= 4 is 15.9 Å². The molecule has 2 aromatic rings. The van der Waals surface area contributed by atoms with Crippen LogP contribution >= 0.6 is 0 Å². The third-order valence-corrected chi connectivity index (χ3v) is 4.35. The number of nitrogens with two attached hydrogens (primary N) is 1. The van der Waals surface area contributed by atoms with Crippen LogP contribution in [0.5, 0.6) is 0 Å². The molecular formula is C14H15N3O2S. The van der Waals surface area contributed by atoms with Crippen LogP contribution in [0.1, 0.15) is 5.56 Å². The molecular weight excluding hydrogens is 274 g/mol. The van der Waals surface area contributed by atoms with Gasteiger partial charge in [0.15, 0.2) is 5.84 Å². The van der Waals surface area contributed by atoms with Gasteiger partial charge in [-0.3, -0.25) is 0 Å². The first kappa shape index (κ1) is 14.1. The molecule has 5 nitrogen and oxygen atoms in total. The Kier molecular flexibility index (Phi) is 4.05. The third-order valence-electron chi connectivity index (χ3n) is 2.71. The molecule has 0 bridgehead atoms. The van der Waals surface area contributed by atoms with Gasteiger partial charge in [-0.05, 0) is 12.1 Å². The Morgan fingerprint density at radius 2 is 1.50 bits per heavy atom. The molecule has 0 radical (unpaired) electrons. The molecule has 20 heavy (non-hydrogen) atoms. The van der Waals surface area contributed by atoms with Gasteiger partial charge < -0.3 is 5.73 Å². The maximum absolute atomic E-state index is 12.3. The summed E-state index contributed by atoms with van der Waals surface area (Å²) >= 11 is 0. The molecule has 0 aliphatic rings. The number of hydrogen-bond donors (Lipinski definition) is 1. The zero-order valence-electron chi connectivity index (χ0n) is 11.0. The maximum atomic E-state index is 12.3. The predicted octanol–water partition coefficient (Wildman–Crippen LogP) is 1.63. The van der Waals surface area contributed by atoms with Crippen molar-refractivity contribution in [1.82, 2.24) is 4.41 Å².